The maximum atomic E-state index is 12.9. The van der Waals surface area contributed by atoms with E-state index >= 15 is 0 Å². The van der Waals surface area contributed by atoms with Crippen molar-refractivity contribution in [3.8, 4) is 22.4 Å². The van der Waals surface area contributed by atoms with Crippen LogP contribution in [-0.4, -0.2) is 57.8 Å². The second-order valence-electron chi connectivity index (χ2n) is 10.9. The lowest BCUT2D eigenvalue weighted by atomic mass is 10.0. The molecule has 12 heteroatoms. The molecule has 1 amide bonds. The van der Waals surface area contributed by atoms with E-state index in [1.807, 2.05) is 35.1 Å². The Labute approximate surface area is 233 Å². The number of hydroxylamine groups is 1. The summed E-state index contributed by atoms with van der Waals surface area (Å²) >= 11 is 0. The number of hydrogen-bond acceptors (Lipinski definition) is 8. The van der Waals surface area contributed by atoms with Crippen molar-refractivity contribution < 1.29 is 22.8 Å². The van der Waals surface area contributed by atoms with Crippen molar-refractivity contribution in [3.63, 3.8) is 0 Å². The molecule has 2 atom stereocenters. The Bertz CT molecular complexity index is 1510. The first-order valence-corrected chi connectivity index (χ1v) is 15.5. The molecular formula is C28H35N5O6S. The first-order valence-electron chi connectivity index (χ1n) is 13.6. The molecule has 1 saturated carbocycles. The number of aryl methyl sites for hydroxylation is 1. The minimum absolute atomic E-state index is 0.0332. The van der Waals surface area contributed by atoms with Gasteiger partial charge in [-0.15, -0.1) is 5.10 Å². The largest absolute Gasteiger partial charge is 0.350 e. The molecule has 1 aliphatic carbocycles. The summed E-state index contributed by atoms with van der Waals surface area (Å²) in [6, 6.07) is 11.0. The Morgan fingerprint density at radius 1 is 1.12 bits per heavy atom. The Morgan fingerprint density at radius 3 is 2.52 bits per heavy atom. The van der Waals surface area contributed by atoms with Gasteiger partial charge in [0.2, 0.25) is 0 Å². The van der Waals surface area contributed by atoms with Crippen LogP contribution < -0.4 is 11.0 Å². The molecule has 3 aromatic rings. The summed E-state index contributed by atoms with van der Waals surface area (Å²) in [6.45, 7) is 2.80. The number of ether oxygens (including phenoxy) is 1. The lowest BCUT2D eigenvalue weighted by Crippen LogP contribution is -2.51. The standard InChI is InChI=1S/C28H35N5O6S/c1-28(40(2,36)37,27(35)30-39-26-5-3-4-16-38-26)13-15-32-14-12-23(17-25(32)34)21-8-10-22(11-9-21)24-19-33(31-29-24)18-20-6-7-20/h8-12,14,17,19-20,26H,3-7,13,15-16,18H2,1-2H3,(H,30,35). The van der Waals surface area contributed by atoms with Crippen molar-refractivity contribution in [2.24, 2.45) is 5.92 Å². The van der Waals surface area contributed by atoms with Crippen LogP contribution in [0.3, 0.4) is 0 Å². The Kier molecular flexibility index (Phi) is 8.20. The number of carbonyl (C=O) groups is 1. The van der Waals surface area contributed by atoms with Crippen LogP contribution in [0.1, 0.15) is 45.4 Å². The highest BCUT2D eigenvalue weighted by atomic mass is 32.2. The average molecular weight is 570 g/mol. The Hall–Kier alpha value is -3.35. The van der Waals surface area contributed by atoms with Crippen LogP contribution in [0.25, 0.3) is 22.4 Å². The van der Waals surface area contributed by atoms with Gasteiger partial charge < -0.3 is 9.30 Å². The fourth-order valence-corrected chi connectivity index (χ4v) is 5.46. The van der Waals surface area contributed by atoms with Gasteiger partial charge in [0.25, 0.3) is 11.5 Å². The van der Waals surface area contributed by atoms with E-state index in [-0.39, 0.29) is 18.5 Å². The SMILES string of the molecule is CC(CCn1ccc(-c2ccc(-c3cn(CC4CC4)nn3)cc2)cc1=O)(C(=O)NOC1CCCCO1)S(C)(=O)=O. The smallest absolute Gasteiger partial charge is 0.264 e. The molecule has 1 aromatic carbocycles. The van der Waals surface area contributed by atoms with Gasteiger partial charge in [0.15, 0.2) is 20.9 Å². The molecule has 0 radical (unpaired) electrons. The van der Waals surface area contributed by atoms with E-state index in [0.29, 0.717) is 18.9 Å². The van der Waals surface area contributed by atoms with E-state index in [1.54, 1.807) is 12.3 Å². The maximum Gasteiger partial charge on any atom is 0.264 e. The van der Waals surface area contributed by atoms with E-state index in [4.69, 9.17) is 9.57 Å². The summed E-state index contributed by atoms with van der Waals surface area (Å²) in [5, 5.41) is 8.49. The summed E-state index contributed by atoms with van der Waals surface area (Å²) in [7, 11) is -3.84. The van der Waals surface area contributed by atoms with Gasteiger partial charge in [-0.1, -0.05) is 29.5 Å². The molecule has 0 spiro atoms. The molecule has 2 aromatic heterocycles. The molecule has 3 heterocycles. The van der Waals surface area contributed by atoms with Gasteiger partial charge in [0.05, 0.1) is 6.20 Å². The van der Waals surface area contributed by atoms with Crippen LogP contribution in [0.2, 0.25) is 0 Å². The fourth-order valence-electron chi connectivity index (χ4n) is 4.62. The number of sulfone groups is 1. The molecule has 11 nitrogen and oxygen atoms in total. The Morgan fingerprint density at radius 2 is 1.88 bits per heavy atom. The van der Waals surface area contributed by atoms with Crippen LogP contribution in [0.5, 0.6) is 0 Å². The number of pyridine rings is 1. The van der Waals surface area contributed by atoms with Crippen molar-refractivity contribution in [2.75, 3.05) is 12.9 Å². The zero-order valence-corrected chi connectivity index (χ0v) is 23.6. The summed E-state index contributed by atoms with van der Waals surface area (Å²) in [6.07, 6.45) is 8.79. The van der Waals surface area contributed by atoms with Crippen molar-refractivity contribution in [1.82, 2.24) is 25.0 Å². The number of amides is 1. The molecule has 214 valence electrons. The topological polar surface area (TPSA) is 134 Å². The lowest BCUT2D eigenvalue weighted by molar-refractivity contribution is -0.201. The molecule has 1 N–H and O–H groups in total. The van der Waals surface area contributed by atoms with E-state index in [0.717, 1.165) is 48.0 Å². The number of carbonyl (C=O) groups excluding carboxylic acids is 1. The van der Waals surface area contributed by atoms with Gasteiger partial charge in [-0.2, -0.15) is 0 Å². The monoisotopic (exact) mass is 569 g/mol. The molecule has 2 aliphatic rings. The van der Waals surface area contributed by atoms with Crippen molar-refractivity contribution in [2.45, 2.75) is 69.6 Å². The second kappa shape index (κ2) is 11.6. The third kappa shape index (κ3) is 6.51. The van der Waals surface area contributed by atoms with Crippen molar-refractivity contribution in [3.05, 3.63) is 59.1 Å². The van der Waals surface area contributed by atoms with E-state index in [1.165, 1.54) is 30.4 Å². The quantitative estimate of drug-likeness (QED) is 0.349. The van der Waals surface area contributed by atoms with Crippen LogP contribution >= 0.6 is 0 Å². The number of hydrogen-bond donors (Lipinski definition) is 1. The van der Waals surface area contributed by atoms with Gasteiger partial charge in [-0.3, -0.25) is 14.3 Å². The van der Waals surface area contributed by atoms with Crippen molar-refractivity contribution in [1.29, 1.82) is 0 Å². The molecule has 2 unspecified atom stereocenters. The lowest BCUT2D eigenvalue weighted by Gasteiger charge is -2.28. The summed E-state index contributed by atoms with van der Waals surface area (Å²) in [4.78, 5) is 31.1. The average Bonchev–Trinajstić information content (AvgIpc) is 3.64. The highest BCUT2D eigenvalue weighted by molar-refractivity contribution is 7.92. The summed E-state index contributed by atoms with van der Waals surface area (Å²) < 4.78 is 32.2. The van der Waals surface area contributed by atoms with Gasteiger partial charge in [0, 0.05) is 50.2 Å². The highest BCUT2D eigenvalue weighted by Crippen LogP contribution is 2.31. The van der Waals surface area contributed by atoms with E-state index in [9.17, 15) is 18.0 Å². The zero-order valence-electron chi connectivity index (χ0n) is 22.8. The zero-order chi connectivity index (χ0) is 28.3. The van der Waals surface area contributed by atoms with Gasteiger partial charge >= 0.3 is 0 Å². The molecule has 0 bridgehead atoms. The third-order valence-electron chi connectivity index (χ3n) is 7.74. The molecule has 2 fully saturated rings. The van der Waals surface area contributed by atoms with Crippen LogP contribution in [0.15, 0.2) is 53.6 Å². The maximum absolute atomic E-state index is 12.9. The van der Waals surface area contributed by atoms with Crippen LogP contribution in [0.4, 0.5) is 0 Å². The minimum atomic E-state index is -3.84. The number of aromatic nitrogens is 4. The minimum Gasteiger partial charge on any atom is -0.350 e. The number of nitrogens with one attached hydrogen (secondary N) is 1. The first kappa shape index (κ1) is 28.2. The molecule has 40 heavy (non-hydrogen) atoms. The second-order valence-corrected chi connectivity index (χ2v) is 13.3. The third-order valence-corrected chi connectivity index (χ3v) is 9.77. The summed E-state index contributed by atoms with van der Waals surface area (Å²) in [5.41, 5.74) is 5.31. The Balaban J connectivity index is 1.23. The van der Waals surface area contributed by atoms with Crippen LogP contribution in [-0.2, 0) is 37.3 Å². The molecule has 5 rings (SSSR count). The van der Waals surface area contributed by atoms with Crippen LogP contribution in [0, 0.1) is 5.92 Å². The van der Waals surface area contributed by atoms with Gasteiger partial charge in [0.1, 0.15) is 5.69 Å². The number of rotatable bonds is 11. The van der Waals surface area contributed by atoms with E-state index < -0.39 is 26.8 Å². The normalized spacial score (nSPS) is 19.2. The molecule has 1 aliphatic heterocycles. The van der Waals surface area contributed by atoms with Crippen molar-refractivity contribution >= 4 is 15.7 Å². The fraction of sp³-hybridized carbons (Fsp3) is 0.500. The number of nitrogens with zero attached hydrogens (tertiary/aromatic N) is 4. The van der Waals surface area contributed by atoms with Gasteiger partial charge in [-0.25, -0.2) is 18.7 Å². The molecule has 1 saturated heterocycles. The predicted octanol–water partition coefficient (Wildman–Crippen LogP) is 2.95. The van der Waals surface area contributed by atoms with E-state index in [2.05, 4.69) is 15.8 Å². The van der Waals surface area contributed by atoms with Gasteiger partial charge in [-0.05, 0) is 62.1 Å². The first-order chi connectivity index (χ1) is 19.1. The summed E-state index contributed by atoms with van der Waals surface area (Å²) in [5.74, 6) is -0.0757. The molecular weight excluding hydrogens is 534 g/mol. The highest BCUT2D eigenvalue weighted by Gasteiger charge is 2.44. The predicted molar refractivity (Wildman–Crippen MR) is 149 cm³/mol. The number of benzene rings is 1.